The lowest BCUT2D eigenvalue weighted by molar-refractivity contribution is -0.132. The monoisotopic (exact) mass is 505 g/mol. The number of hydrogen-bond donors (Lipinski definition) is 2. The number of aryl methyl sites for hydroxylation is 2. The molecule has 0 fully saturated rings. The summed E-state index contributed by atoms with van der Waals surface area (Å²) in [5.74, 6) is 1.26. The van der Waals surface area contributed by atoms with Gasteiger partial charge in [-0.15, -0.1) is 0 Å². The van der Waals surface area contributed by atoms with Gasteiger partial charge in [-0.3, -0.25) is 5.10 Å². The van der Waals surface area contributed by atoms with Crippen LogP contribution in [0.3, 0.4) is 0 Å². The van der Waals surface area contributed by atoms with Gasteiger partial charge in [-0.2, -0.15) is 5.10 Å². The SMILES string of the molecule is CCCCc1nc(C(CCc2ccccc2)c2ccc(-c3ccccc3/C=C3\OC(=O)C=C3O)cc2)n[nH]1. The van der Waals surface area contributed by atoms with Crippen molar-refractivity contribution in [1.29, 1.82) is 0 Å². The molecule has 0 bridgehead atoms. The zero-order chi connectivity index (χ0) is 26.3. The molecule has 5 rings (SSSR count). The number of carbonyl (C=O) groups excluding carboxylic acids is 1. The van der Waals surface area contributed by atoms with Gasteiger partial charge in [0.1, 0.15) is 5.82 Å². The van der Waals surface area contributed by atoms with Gasteiger partial charge >= 0.3 is 5.97 Å². The van der Waals surface area contributed by atoms with Crippen LogP contribution in [0.15, 0.2) is 96.5 Å². The first kappa shape index (κ1) is 25.2. The molecule has 0 saturated carbocycles. The lowest BCUT2D eigenvalue weighted by Gasteiger charge is -2.16. The van der Waals surface area contributed by atoms with E-state index < -0.39 is 5.97 Å². The molecular formula is C32H31N3O3. The first-order valence-corrected chi connectivity index (χ1v) is 13.1. The third-order valence-corrected chi connectivity index (χ3v) is 6.78. The number of nitrogens with one attached hydrogen (secondary N) is 1. The number of hydrogen-bond acceptors (Lipinski definition) is 5. The number of carbonyl (C=O) groups is 1. The molecule has 3 aromatic carbocycles. The van der Waals surface area contributed by atoms with E-state index in [0.717, 1.165) is 72.1 Å². The number of aromatic amines is 1. The Bertz CT molecular complexity index is 1450. The third-order valence-electron chi connectivity index (χ3n) is 6.78. The van der Waals surface area contributed by atoms with E-state index in [-0.39, 0.29) is 17.4 Å². The summed E-state index contributed by atoms with van der Waals surface area (Å²) in [4.78, 5) is 16.4. The molecule has 0 radical (unpaired) electrons. The molecular weight excluding hydrogens is 474 g/mol. The van der Waals surface area contributed by atoms with E-state index in [1.807, 2.05) is 30.3 Å². The Hall–Kier alpha value is -4.45. The summed E-state index contributed by atoms with van der Waals surface area (Å²) in [5.41, 5.74) is 5.30. The van der Waals surface area contributed by atoms with Gasteiger partial charge in [-0.25, -0.2) is 9.78 Å². The molecule has 1 aromatic heterocycles. The first-order chi connectivity index (χ1) is 18.6. The molecule has 1 aliphatic heterocycles. The fraction of sp³-hybridized carbons (Fsp3) is 0.219. The molecule has 0 aliphatic carbocycles. The highest BCUT2D eigenvalue weighted by Crippen LogP contribution is 2.32. The molecule has 6 heteroatoms. The maximum atomic E-state index is 11.5. The Labute approximate surface area is 222 Å². The topological polar surface area (TPSA) is 88.1 Å². The van der Waals surface area contributed by atoms with Crippen LogP contribution in [0, 0.1) is 0 Å². The van der Waals surface area contributed by atoms with Crippen LogP contribution in [0.1, 0.15) is 60.4 Å². The Kier molecular flexibility index (Phi) is 7.78. The highest BCUT2D eigenvalue weighted by molar-refractivity contribution is 5.89. The number of aliphatic hydroxyl groups excluding tert-OH is 1. The summed E-state index contributed by atoms with van der Waals surface area (Å²) in [5, 5.41) is 17.8. The summed E-state index contributed by atoms with van der Waals surface area (Å²) in [6.07, 6.45) is 7.70. The number of rotatable bonds is 10. The van der Waals surface area contributed by atoms with Crippen LogP contribution in [0.5, 0.6) is 0 Å². The van der Waals surface area contributed by atoms with Crippen LogP contribution < -0.4 is 0 Å². The van der Waals surface area contributed by atoms with Crippen molar-refractivity contribution in [1.82, 2.24) is 15.2 Å². The zero-order valence-electron chi connectivity index (χ0n) is 21.4. The second-order valence-electron chi connectivity index (χ2n) is 9.49. The first-order valence-electron chi connectivity index (χ1n) is 13.1. The second-order valence-corrected chi connectivity index (χ2v) is 9.49. The van der Waals surface area contributed by atoms with Crippen LogP contribution in [0.25, 0.3) is 17.2 Å². The minimum atomic E-state index is -0.568. The molecule has 192 valence electrons. The quantitative estimate of drug-likeness (QED) is 0.228. The van der Waals surface area contributed by atoms with Crippen LogP contribution in [-0.4, -0.2) is 26.3 Å². The number of nitrogens with zero attached hydrogens (tertiary/aromatic N) is 2. The number of aromatic nitrogens is 3. The fourth-order valence-electron chi connectivity index (χ4n) is 4.72. The largest absolute Gasteiger partial charge is 0.504 e. The van der Waals surface area contributed by atoms with Gasteiger partial charge in [-0.05, 0) is 53.2 Å². The van der Waals surface area contributed by atoms with Crippen molar-refractivity contribution in [2.45, 2.75) is 44.9 Å². The van der Waals surface area contributed by atoms with Gasteiger partial charge in [0.2, 0.25) is 0 Å². The van der Waals surface area contributed by atoms with Gasteiger partial charge in [0.25, 0.3) is 0 Å². The molecule has 2 N–H and O–H groups in total. The van der Waals surface area contributed by atoms with Crippen LogP contribution in [-0.2, 0) is 22.4 Å². The normalized spacial score (nSPS) is 14.9. The van der Waals surface area contributed by atoms with Gasteiger partial charge in [-0.1, -0.05) is 92.2 Å². The van der Waals surface area contributed by atoms with Crippen LogP contribution >= 0.6 is 0 Å². The number of benzene rings is 3. The average molecular weight is 506 g/mol. The average Bonchev–Trinajstić information content (AvgIpc) is 3.54. The Morgan fingerprint density at radius 3 is 2.47 bits per heavy atom. The van der Waals surface area contributed by atoms with E-state index in [4.69, 9.17) is 9.72 Å². The van der Waals surface area contributed by atoms with Crippen molar-refractivity contribution in [3.63, 3.8) is 0 Å². The second kappa shape index (κ2) is 11.7. The van der Waals surface area contributed by atoms with Crippen molar-refractivity contribution in [3.8, 4) is 11.1 Å². The summed E-state index contributed by atoms with van der Waals surface area (Å²) < 4.78 is 5.12. The smallest absolute Gasteiger partial charge is 0.340 e. The molecule has 1 aliphatic rings. The van der Waals surface area contributed by atoms with E-state index >= 15 is 0 Å². The molecule has 0 saturated heterocycles. The number of H-pyrrole nitrogens is 1. The van der Waals surface area contributed by atoms with Crippen molar-refractivity contribution in [2.24, 2.45) is 0 Å². The van der Waals surface area contributed by atoms with E-state index in [0.29, 0.717) is 0 Å². The van der Waals surface area contributed by atoms with E-state index in [9.17, 15) is 9.90 Å². The molecule has 1 atom stereocenters. The Morgan fingerprint density at radius 2 is 1.74 bits per heavy atom. The Balaban J connectivity index is 1.43. The Morgan fingerprint density at radius 1 is 0.974 bits per heavy atom. The number of esters is 1. The van der Waals surface area contributed by atoms with Gasteiger partial charge < -0.3 is 9.84 Å². The minimum Gasteiger partial charge on any atom is -0.504 e. The van der Waals surface area contributed by atoms with Gasteiger partial charge in [0, 0.05) is 12.3 Å². The van der Waals surface area contributed by atoms with Crippen molar-refractivity contribution in [2.75, 3.05) is 0 Å². The lowest BCUT2D eigenvalue weighted by Crippen LogP contribution is -2.06. The van der Waals surface area contributed by atoms with Crippen molar-refractivity contribution in [3.05, 3.63) is 125 Å². The molecule has 2 heterocycles. The van der Waals surface area contributed by atoms with Crippen molar-refractivity contribution < 1.29 is 14.6 Å². The maximum absolute atomic E-state index is 11.5. The summed E-state index contributed by atoms with van der Waals surface area (Å²) in [7, 11) is 0. The minimum absolute atomic E-state index is 0.0632. The lowest BCUT2D eigenvalue weighted by atomic mass is 9.90. The standard InChI is InChI=1S/C32H31N3O3/c1-2-3-13-30-33-32(35-34-30)27(19-14-22-9-5-4-6-10-22)24-17-15-23(16-18-24)26-12-8-7-11-25(26)20-29-28(36)21-31(37)38-29/h4-12,15-18,20-21,27,36H,2-3,13-14,19H2,1H3,(H,33,34,35)/b29-20-. The third kappa shape index (κ3) is 5.92. The van der Waals surface area contributed by atoms with Crippen molar-refractivity contribution >= 4 is 12.0 Å². The number of unbranched alkanes of at least 4 members (excludes halogenated alkanes) is 1. The molecule has 6 nitrogen and oxygen atoms in total. The predicted molar refractivity (Wildman–Crippen MR) is 148 cm³/mol. The fourth-order valence-corrected chi connectivity index (χ4v) is 4.72. The predicted octanol–water partition coefficient (Wildman–Crippen LogP) is 6.92. The molecule has 0 amide bonds. The summed E-state index contributed by atoms with van der Waals surface area (Å²) >= 11 is 0. The zero-order valence-corrected chi connectivity index (χ0v) is 21.4. The molecule has 0 spiro atoms. The highest BCUT2D eigenvalue weighted by atomic mass is 16.6. The number of aliphatic hydroxyl groups is 1. The summed E-state index contributed by atoms with van der Waals surface area (Å²) in [6, 6.07) is 26.8. The van der Waals surface area contributed by atoms with E-state index in [1.165, 1.54) is 5.56 Å². The maximum Gasteiger partial charge on any atom is 0.340 e. The highest BCUT2D eigenvalue weighted by Gasteiger charge is 2.21. The number of cyclic esters (lactones) is 1. The number of ether oxygens (including phenoxy) is 1. The molecule has 38 heavy (non-hydrogen) atoms. The molecule has 1 unspecified atom stereocenters. The summed E-state index contributed by atoms with van der Waals surface area (Å²) in [6.45, 7) is 2.18. The van der Waals surface area contributed by atoms with E-state index in [1.54, 1.807) is 6.08 Å². The van der Waals surface area contributed by atoms with Gasteiger partial charge in [0.15, 0.2) is 17.3 Å². The van der Waals surface area contributed by atoms with Crippen LogP contribution in [0.2, 0.25) is 0 Å². The van der Waals surface area contributed by atoms with Gasteiger partial charge in [0.05, 0.1) is 6.08 Å². The molecule has 4 aromatic rings. The van der Waals surface area contributed by atoms with Crippen LogP contribution in [0.4, 0.5) is 0 Å². The van der Waals surface area contributed by atoms with E-state index in [2.05, 4.69) is 65.7 Å².